The van der Waals surface area contributed by atoms with Gasteiger partial charge in [0.05, 0.1) is 12.2 Å². The average molecular weight is 462 g/mol. The number of carbonyl (C=O) groups is 2. The van der Waals surface area contributed by atoms with Gasteiger partial charge in [-0.2, -0.15) is 8.78 Å². The number of ether oxygens (including phenoxy) is 1. The van der Waals surface area contributed by atoms with Gasteiger partial charge < -0.3 is 20.2 Å². The number of amides is 1. The molecule has 0 saturated carbocycles. The number of nitrogens with one attached hydrogen (secondary N) is 2. The second kappa shape index (κ2) is 12.6. The van der Waals surface area contributed by atoms with Crippen LogP contribution in [0.4, 0.5) is 23.4 Å². The third-order valence-electron chi connectivity index (χ3n) is 4.04. The Morgan fingerprint density at radius 3 is 2.44 bits per heavy atom. The molecular formula is C21H30F4N4O3. The van der Waals surface area contributed by atoms with Crippen LogP contribution in [0, 0.1) is 5.92 Å². The van der Waals surface area contributed by atoms with Gasteiger partial charge in [-0.1, -0.05) is 13.8 Å². The lowest BCUT2D eigenvalue weighted by Crippen LogP contribution is -2.33. The monoisotopic (exact) mass is 462 g/mol. The van der Waals surface area contributed by atoms with Gasteiger partial charge >= 0.3 is 12.3 Å². The highest BCUT2D eigenvalue weighted by atomic mass is 19.3. The molecule has 7 nitrogen and oxygen atoms in total. The van der Waals surface area contributed by atoms with Crippen molar-refractivity contribution < 1.29 is 34.7 Å². The van der Waals surface area contributed by atoms with E-state index >= 15 is 0 Å². The number of alkyl halides is 4. The van der Waals surface area contributed by atoms with Crippen LogP contribution in [-0.2, 0) is 4.79 Å². The zero-order chi connectivity index (χ0) is 24.3. The van der Waals surface area contributed by atoms with Crippen LogP contribution >= 0.6 is 0 Å². The largest absolute Gasteiger partial charge is 0.485 e. The number of hydrogen-bond donors (Lipinski definition) is 2. The number of carbonyl (C=O) groups excluding carboxylic acids is 2. The lowest BCUT2D eigenvalue weighted by atomic mass is 10.1. The number of hydrogen-bond acceptors (Lipinski definition) is 6. The van der Waals surface area contributed by atoms with E-state index < -0.39 is 24.9 Å². The summed E-state index contributed by atoms with van der Waals surface area (Å²) in [7, 11) is 0. The molecule has 0 fully saturated rings. The zero-order valence-corrected chi connectivity index (χ0v) is 17.9. The van der Waals surface area contributed by atoms with Gasteiger partial charge in [0.15, 0.2) is 6.61 Å². The number of nitrogens with zero attached hydrogens (tertiary/aromatic N) is 2. The second-order valence-corrected chi connectivity index (χ2v) is 7.17. The van der Waals surface area contributed by atoms with E-state index in [1.54, 1.807) is 19.2 Å². The van der Waals surface area contributed by atoms with E-state index in [1.807, 2.05) is 12.9 Å². The first-order valence-corrected chi connectivity index (χ1v) is 9.63. The van der Waals surface area contributed by atoms with E-state index in [-0.39, 0.29) is 20.3 Å². The molecule has 1 atom stereocenters. The molecule has 2 heterocycles. The summed E-state index contributed by atoms with van der Waals surface area (Å²) < 4.78 is 54.7. The summed E-state index contributed by atoms with van der Waals surface area (Å²) in [4.78, 5) is 28.5. The van der Waals surface area contributed by atoms with Crippen molar-refractivity contribution in [2.45, 2.75) is 39.2 Å². The Morgan fingerprint density at radius 2 is 1.88 bits per heavy atom. The highest BCUT2D eigenvalue weighted by molar-refractivity contribution is 5.92. The summed E-state index contributed by atoms with van der Waals surface area (Å²) in [6.07, 6.45) is -1.16. The fraction of sp³-hybridized carbons (Fsp3) is 0.429. The van der Waals surface area contributed by atoms with Crippen molar-refractivity contribution in [1.29, 1.82) is 0 Å². The lowest BCUT2D eigenvalue weighted by molar-refractivity contribution is -0.148. The third kappa shape index (κ3) is 8.48. The van der Waals surface area contributed by atoms with Gasteiger partial charge in [0.1, 0.15) is 24.1 Å². The smallest absolute Gasteiger partial charge is 0.340 e. The van der Waals surface area contributed by atoms with Crippen LogP contribution in [0.25, 0.3) is 0 Å². The van der Waals surface area contributed by atoms with E-state index in [0.29, 0.717) is 11.7 Å². The minimum Gasteiger partial charge on any atom is -0.485 e. The van der Waals surface area contributed by atoms with Gasteiger partial charge in [0.25, 0.3) is 5.91 Å². The SMILES string of the molecule is C=O.CC(C)CNc1cc(C(C)NC(=O)c2ccc(OCC(F)(F)C(F)F)cn2)ccn1.[HH].[HH]. The Balaban J connectivity index is 0. The van der Waals surface area contributed by atoms with Crippen molar-refractivity contribution >= 4 is 18.5 Å². The molecule has 2 aromatic rings. The third-order valence-corrected chi connectivity index (χ3v) is 4.04. The summed E-state index contributed by atoms with van der Waals surface area (Å²) in [6, 6.07) is 5.75. The van der Waals surface area contributed by atoms with Crippen molar-refractivity contribution in [3.05, 3.63) is 47.9 Å². The quantitative estimate of drug-likeness (QED) is 0.501. The first-order valence-electron chi connectivity index (χ1n) is 9.63. The van der Waals surface area contributed by atoms with Gasteiger partial charge in [-0.3, -0.25) is 4.79 Å². The molecule has 0 bridgehead atoms. The summed E-state index contributed by atoms with van der Waals surface area (Å²) in [5.74, 6) is -3.75. The number of rotatable bonds is 10. The molecule has 0 radical (unpaired) electrons. The highest BCUT2D eigenvalue weighted by Gasteiger charge is 2.41. The molecule has 1 unspecified atom stereocenters. The maximum Gasteiger partial charge on any atom is 0.340 e. The molecule has 2 N–H and O–H groups in total. The Bertz CT molecular complexity index is 862. The van der Waals surface area contributed by atoms with Crippen LogP contribution in [0.3, 0.4) is 0 Å². The topological polar surface area (TPSA) is 93.2 Å². The molecule has 1 amide bonds. The van der Waals surface area contributed by atoms with Crippen LogP contribution in [0.5, 0.6) is 5.75 Å². The summed E-state index contributed by atoms with van der Waals surface area (Å²) >= 11 is 0. The number of pyridine rings is 2. The summed E-state index contributed by atoms with van der Waals surface area (Å²) in [6.45, 7) is 7.23. The van der Waals surface area contributed by atoms with Gasteiger partial charge in [0, 0.05) is 15.6 Å². The van der Waals surface area contributed by atoms with Gasteiger partial charge in [0.2, 0.25) is 0 Å². The molecule has 0 aliphatic rings. The van der Waals surface area contributed by atoms with Crippen LogP contribution in [0.15, 0.2) is 36.7 Å². The zero-order valence-electron chi connectivity index (χ0n) is 17.9. The molecule has 0 saturated heterocycles. The minimum atomic E-state index is -4.26. The lowest BCUT2D eigenvalue weighted by Gasteiger charge is -2.17. The van der Waals surface area contributed by atoms with Crippen LogP contribution in [-0.4, -0.2) is 48.2 Å². The molecule has 0 aromatic carbocycles. The van der Waals surface area contributed by atoms with Crippen molar-refractivity contribution in [3.63, 3.8) is 0 Å². The van der Waals surface area contributed by atoms with Gasteiger partial charge in [-0.25, -0.2) is 18.7 Å². The Hall–Kier alpha value is -3.24. The molecule has 2 rings (SSSR count). The summed E-state index contributed by atoms with van der Waals surface area (Å²) in [5, 5.41) is 5.99. The Kier molecular flexibility index (Phi) is 10.5. The van der Waals surface area contributed by atoms with Gasteiger partial charge in [-0.05, 0) is 42.7 Å². The first kappa shape index (κ1) is 26.8. The molecule has 180 valence electrons. The van der Waals surface area contributed by atoms with Crippen molar-refractivity contribution in [1.82, 2.24) is 15.3 Å². The Morgan fingerprint density at radius 1 is 1.19 bits per heavy atom. The molecule has 0 aliphatic carbocycles. The minimum absolute atomic E-state index is 0. The highest BCUT2D eigenvalue weighted by Crippen LogP contribution is 2.24. The number of halogens is 4. The van der Waals surface area contributed by atoms with E-state index in [4.69, 9.17) is 4.79 Å². The van der Waals surface area contributed by atoms with E-state index in [2.05, 4.69) is 39.2 Å². The number of anilines is 1. The van der Waals surface area contributed by atoms with Crippen molar-refractivity contribution in [2.75, 3.05) is 18.5 Å². The predicted octanol–water partition coefficient (Wildman–Crippen LogP) is 4.62. The fourth-order valence-corrected chi connectivity index (χ4v) is 2.32. The maximum atomic E-state index is 12.9. The van der Waals surface area contributed by atoms with E-state index in [1.165, 1.54) is 12.1 Å². The second-order valence-electron chi connectivity index (χ2n) is 7.17. The standard InChI is InChI=1S/C20H24F4N4O2.CH2O.2H2/c1-12(2)9-27-17-8-14(6-7-25-17)13(3)28-18(29)16-5-4-15(10-26-16)30-11-20(23,24)19(21)22;1-2;;/h4-8,10,12-13,19H,9,11H2,1-3H3,(H,25,27)(H,28,29);1H2;2*1H. The van der Waals surface area contributed by atoms with E-state index in [0.717, 1.165) is 18.3 Å². The average Bonchev–Trinajstić information content (AvgIpc) is 2.78. The molecular weight excluding hydrogens is 432 g/mol. The molecule has 11 heteroatoms. The van der Waals surface area contributed by atoms with Crippen molar-refractivity contribution in [2.24, 2.45) is 5.92 Å². The van der Waals surface area contributed by atoms with Crippen molar-refractivity contribution in [3.8, 4) is 5.75 Å². The fourth-order valence-electron chi connectivity index (χ4n) is 2.32. The van der Waals surface area contributed by atoms with Crippen LogP contribution in [0.1, 0.15) is 45.7 Å². The predicted molar refractivity (Wildman–Crippen MR) is 115 cm³/mol. The van der Waals surface area contributed by atoms with Crippen LogP contribution < -0.4 is 15.4 Å². The Labute approximate surface area is 186 Å². The van der Waals surface area contributed by atoms with Crippen LogP contribution in [0.2, 0.25) is 0 Å². The maximum absolute atomic E-state index is 12.9. The summed E-state index contributed by atoms with van der Waals surface area (Å²) in [5.41, 5.74) is 0.862. The normalized spacial score (nSPS) is 12.0. The molecule has 2 aromatic heterocycles. The molecule has 0 aliphatic heterocycles. The molecule has 32 heavy (non-hydrogen) atoms. The first-order chi connectivity index (χ1) is 15.1. The number of aromatic nitrogens is 2. The molecule has 0 spiro atoms. The van der Waals surface area contributed by atoms with Gasteiger partial charge in [-0.15, -0.1) is 0 Å². The van der Waals surface area contributed by atoms with E-state index in [9.17, 15) is 22.4 Å².